The van der Waals surface area contributed by atoms with Crippen molar-refractivity contribution < 1.29 is 4.39 Å². The Bertz CT molecular complexity index is 2620. The van der Waals surface area contributed by atoms with E-state index in [4.69, 9.17) is 0 Å². The number of hydrogen-bond donors (Lipinski definition) is 0. The first-order valence-corrected chi connectivity index (χ1v) is 19.0. The highest BCUT2D eigenvalue weighted by Crippen LogP contribution is 2.44. The van der Waals surface area contributed by atoms with Gasteiger partial charge in [-0.1, -0.05) is 134 Å². The Morgan fingerprint density at radius 2 is 0.927 bits per heavy atom. The Balaban J connectivity index is 1.00. The Morgan fingerprint density at radius 3 is 1.53 bits per heavy atom. The van der Waals surface area contributed by atoms with E-state index in [0.29, 0.717) is 5.92 Å². The van der Waals surface area contributed by atoms with Gasteiger partial charge in [-0.05, 0) is 131 Å². The van der Waals surface area contributed by atoms with Gasteiger partial charge < -0.3 is 9.80 Å². The minimum atomic E-state index is -0.241. The Kier molecular flexibility index (Phi) is 9.05. The second-order valence-electron chi connectivity index (χ2n) is 14.5. The molecule has 8 aromatic rings. The fraction of sp³-hybridized carbons (Fsp3) is 0.0769. The van der Waals surface area contributed by atoms with Gasteiger partial charge in [0.15, 0.2) is 0 Å². The number of anilines is 6. The van der Waals surface area contributed by atoms with Crippen molar-refractivity contribution in [3.8, 4) is 22.3 Å². The maximum absolute atomic E-state index is 14.1. The maximum Gasteiger partial charge on any atom is 0.123 e. The third-order valence-electron chi connectivity index (χ3n) is 10.8. The lowest BCUT2D eigenvalue weighted by Gasteiger charge is -2.31. The van der Waals surface area contributed by atoms with Crippen molar-refractivity contribution in [2.45, 2.75) is 26.2 Å². The topological polar surface area (TPSA) is 6.48 Å². The van der Waals surface area contributed by atoms with Gasteiger partial charge in [0, 0.05) is 28.1 Å². The number of allylic oxidation sites excluding steroid dienone is 1. The molecule has 0 bridgehead atoms. The van der Waals surface area contributed by atoms with Crippen molar-refractivity contribution in [2.24, 2.45) is 0 Å². The highest BCUT2D eigenvalue weighted by Gasteiger charge is 2.23. The van der Waals surface area contributed by atoms with Crippen molar-refractivity contribution in [1.29, 1.82) is 0 Å². The number of hydrogen-bond acceptors (Lipinski definition) is 2. The van der Waals surface area contributed by atoms with Crippen LogP contribution in [0.4, 0.5) is 38.5 Å². The van der Waals surface area contributed by atoms with Gasteiger partial charge in [0.25, 0.3) is 0 Å². The summed E-state index contributed by atoms with van der Waals surface area (Å²) in [5.41, 5.74) is 14.9. The van der Waals surface area contributed by atoms with Crippen LogP contribution in [0, 0.1) is 12.7 Å². The van der Waals surface area contributed by atoms with E-state index in [2.05, 4.69) is 194 Å². The zero-order valence-electron chi connectivity index (χ0n) is 31.0. The molecule has 0 saturated carbocycles. The van der Waals surface area contributed by atoms with Crippen LogP contribution >= 0.6 is 0 Å². The van der Waals surface area contributed by atoms with Crippen LogP contribution in [0.15, 0.2) is 188 Å². The highest BCUT2D eigenvalue weighted by molar-refractivity contribution is 5.99. The molecule has 1 aliphatic rings. The van der Waals surface area contributed by atoms with E-state index in [0.717, 1.165) is 57.2 Å². The summed E-state index contributed by atoms with van der Waals surface area (Å²) in [6.07, 6.45) is 5.47. The van der Waals surface area contributed by atoms with Gasteiger partial charge in [-0.2, -0.15) is 0 Å². The first-order valence-electron chi connectivity index (χ1n) is 19.0. The first kappa shape index (κ1) is 34.1. The van der Waals surface area contributed by atoms with E-state index in [1.165, 1.54) is 45.2 Å². The molecule has 0 amide bonds. The average molecular weight is 713 g/mol. The van der Waals surface area contributed by atoms with E-state index >= 15 is 0 Å². The van der Waals surface area contributed by atoms with Gasteiger partial charge in [-0.25, -0.2) is 4.39 Å². The molecule has 9 rings (SSSR count). The molecular formula is C52H41FN2. The predicted molar refractivity (Wildman–Crippen MR) is 231 cm³/mol. The maximum atomic E-state index is 14.1. The molecule has 1 unspecified atom stereocenters. The smallest absolute Gasteiger partial charge is 0.123 e. The number of halogens is 1. The van der Waals surface area contributed by atoms with Gasteiger partial charge in [-0.3, -0.25) is 0 Å². The fourth-order valence-corrected chi connectivity index (χ4v) is 7.97. The Hall–Kier alpha value is -6.71. The van der Waals surface area contributed by atoms with Crippen molar-refractivity contribution >= 4 is 51.0 Å². The SMILES string of the molecule is Cc1ccc(N(c2ccc(-c3ccc(-c4ccc(N(c5ccc(F)cc5)c5cccc6c5C(C)CC=C6)cc4)cc3)cc2)c2cccc3ccccc23)cc1. The van der Waals surface area contributed by atoms with Crippen LogP contribution < -0.4 is 9.80 Å². The summed E-state index contributed by atoms with van der Waals surface area (Å²) >= 11 is 0. The molecule has 266 valence electrons. The molecule has 1 atom stereocenters. The third-order valence-corrected chi connectivity index (χ3v) is 10.8. The summed E-state index contributed by atoms with van der Waals surface area (Å²) in [7, 11) is 0. The minimum absolute atomic E-state index is 0.241. The summed E-state index contributed by atoms with van der Waals surface area (Å²) in [5, 5.41) is 2.43. The molecule has 0 N–H and O–H groups in total. The summed E-state index contributed by atoms with van der Waals surface area (Å²) in [6, 6.07) is 63.5. The number of aryl methyl sites for hydroxylation is 1. The average Bonchev–Trinajstić information content (AvgIpc) is 3.23. The Morgan fingerprint density at radius 1 is 0.473 bits per heavy atom. The quantitative estimate of drug-likeness (QED) is 0.155. The summed E-state index contributed by atoms with van der Waals surface area (Å²) < 4.78 is 14.1. The molecular weight excluding hydrogens is 672 g/mol. The van der Waals surface area contributed by atoms with E-state index in [1.807, 2.05) is 12.1 Å². The van der Waals surface area contributed by atoms with Crippen LogP contribution in [0.3, 0.4) is 0 Å². The lowest BCUT2D eigenvalue weighted by atomic mass is 9.86. The monoisotopic (exact) mass is 712 g/mol. The van der Waals surface area contributed by atoms with Gasteiger partial charge in [0.1, 0.15) is 5.82 Å². The fourth-order valence-electron chi connectivity index (χ4n) is 7.97. The van der Waals surface area contributed by atoms with E-state index < -0.39 is 0 Å². The summed E-state index contributed by atoms with van der Waals surface area (Å²) in [5.74, 6) is 0.138. The molecule has 0 fully saturated rings. The molecule has 0 heterocycles. The molecule has 2 nitrogen and oxygen atoms in total. The van der Waals surface area contributed by atoms with Gasteiger partial charge in [0.2, 0.25) is 0 Å². The van der Waals surface area contributed by atoms with Crippen molar-refractivity contribution in [2.75, 3.05) is 9.80 Å². The number of rotatable bonds is 8. The van der Waals surface area contributed by atoms with Gasteiger partial charge in [0.05, 0.1) is 11.4 Å². The highest BCUT2D eigenvalue weighted by atomic mass is 19.1. The van der Waals surface area contributed by atoms with Crippen LogP contribution in [0.2, 0.25) is 0 Å². The predicted octanol–water partition coefficient (Wildman–Crippen LogP) is 15.1. The van der Waals surface area contributed by atoms with Crippen molar-refractivity contribution in [3.05, 3.63) is 211 Å². The van der Waals surface area contributed by atoms with E-state index in [-0.39, 0.29) is 5.82 Å². The molecule has 55 heavy (non-hydrogen) atoms. The summed E-state index contributed by atoms with van der Waals surface area (Å²) in [4.78, 5) is 4.60. The zero-order chi connectivity index (χ0) is 37.3. The molecule has 0 aromatic heterocycles. The molecule has 0 saturated heterocycles. The van der Waals surface area contributed by atoms with Crippen LogP contribution in [0.5, 0.6) is 0 Å². The molecule has 1 aliphatic carbocycles. The number of benzene rings is 8. The van der Waals surface area contributed by atoms with Gasteiger partial charge >= 0.3 is 0 Å². The largest absolute Gasteiger partial charge is 0.310 e. The minimum Gasteiger partial charge on any atom is -0.310 e. The van der Waals surface area contributed by atoms with Crippen molar-refractivity contribution in [3.63, 3.8) is 0 Å². The van der Waals surface area contributed by atoms with E-state index in [9.17, 15) is 4.39 Å². The lowest BCUT2D eigenvalue weighted by molar-refractivity contribution is 0.628. The number of fused-ring (bicyclic) bond motifs is 2. The van der Waals surface area contributed by atoms with Crippen LogP contribution in [0.25, 0.3) is 39.1 Å². The van der Waals surface area contributed by atoms with Crippen LogP contribution in [-0.4, -0.2) is 0 Å². The standard InChI is InChI=1S/C52H41FN2/c1-36-16-28-45(29-17-36)54(50-14-6-10-42-9-3-4-13-49(42)50)46-30-22-40(23-31-46)38-18-20-39(21-19-38)41-24-32-47(33-25-41)55(48-34-26-44(53)27-35-48)51-15-7-12-43-11-5-8-37(2)52(43)51/h3-7,9-35,37H,8H2,1-2H3. The summed E-state index contributed by atoms with van der Waals surface area (Å²) in [6.45, 7) is 4.41. The van der Waals surface area contributed by atoms with E-state index in [1.54, 1.807) is 0 Å². The third kappa shape index (κ3) is 6.70. The number of nitrogens with zero attached hydrogens (tertiary/aromatic N) is 2. The van der Waals surface area contributed by atoms with Crippen LogP contribution in [-0.2, 0) is 0 Å². The second kappa shape index (κ2) is 14.6. The van der Waals surface area contributed by atoms with Crippen LogP contribution in [0.1, 0.15) is 36.0 Å². The zero-order valence-corrected chi connectivity index (χ0v) is 31.0. The second-order valence-corrected chi connectivity index (χ2v) is 14.5. The Labute approximate surface area is 323 Å². The molecule has 0 radical (unpaired) electrons. The molecule has 8 aromatic carbocycles. The molecule has 0 spiro atoms. The normalized spacial score (nSPS) is 13.4. The molecule has 3 heteroatoms. The molecule has 0 aliphatic heterocycles. The first-order chi connectivity index (χ1) is 27.0. The van der Waals surface area contributed by atoms with Crippen molar-refractivity contribution in [1.82, 2.24) is 0 Å². The van der Waals surface area contributed by atoms with Gasteiger partial charge in [-0.15, -0.1) is 0 Å². The lowest BCUT2D eigenvalue weighted by Crippen LogP contribution is -2.15.